The minimum atomic E-state index is 0.394. The Hall–Kier alpha value is -0.780. The number of hydrogen-bond acceptors (Lipinski definition) is 3. The van der Waals surface area contributed by atoms with Gasteiger partial charge in [0.1, 0.15) is 5.52 Å². The summed E-state index contributed by atoms with van der Waals surface area (Å²) in [6, 6.07) is 5.76. The summed E-state index contributed by atoms with van der Waals surface area (Å²) in [5.74, 6) is 0.394. The van der Waals surface area contributed by atoms with Gasteiger partial charge in [0.15, 0.2) is 0 Å². The molecule has 0 radical (unpaired) electrons. The van der Waals surface area contributed by atoms with Crippen LogP contribution in [0.15, 0.2) is 22.7 Å². The highest BCUT2D eigenvalue weighted by atomic mass is 127. The first-order valence-electron chi connectivity index (χ1n) is 3.08. The molecule has 0 aliphatic heterocycles. The van der Waals surface area contributed by atoms with E-state index in [1.165, 1.54) is 0 Å². The van der Waals surface area contributed by atoms with Crippen molar-refractivity contribution in [3.05, 3.63) is 21.8 Å². The SMILES string of the molecule is Nc1onc2cccc(I)c12. The molecule has 56 valence electrons. The molecule has 0 saturated carbocycles. The van der Waals surface area contributed by atoms with Gasteiger partial charge < -0.3 is 10.3 Å². The molecule has 1 heterocycles. The van der Waals surface area contributed by atoms with E-state index in [1.54, 1.807) is 0 Å². The fourth-order valence-electron chi connectivity index (χ4n) is 0.977. The zero-order valence-electron chi connectivity index (χ0n) is 5.54. The summed E-state index contributed by atoms with van der Waals surface area (Å²) in [6.45, 7) is 0. The first-order chi connectivity index (χ1) is 5.29. The van der Waals surface area contributed by atoms with Gasteiger partial charge in [0.25, 0.3) is 0 Å². The van der Waals surface area contributed by atoms with Gasteiger partial charge in [-0.05, 0) is 34.7 Å². The van der Waals surface area contributed by atoms with Crippen LogP contribution in [0.1, 0.15) is 0 Å². The molecular formula is C7H5IN2O. The van der Waals surface area contributed by atoms with E-state index in [-0.39, 0.29) is 0 Å². The third kappa shape index (κ3) is 0.973. The molecular weight excluding hydrogens is 255 g/mol. The van der Waals surface area contributed by atoms with Crippen LogP contribution >= 0.6 is 22.6 Å². The van der Waals surface area contributed by atoms with Crippen molar-refractivity contribution in [1.82, 2.24) is 5.16 Å². The molecule has 11 heavy (non-hydrogen) atoms. The molecule has 2 N–H and O–H groups in total. The summed E-state index contributed by atoms with van der Waals surface area (Å²) in [5.41, 5.74) is 6.36. The Balaban J connectivity index is 2.96. The van der Waals surface area contributed by atoms with Gasteiger partial charge in [-0.25, -0.2) is 0 Å². The Morgan fingerprint density at radius 2 is 2.27 bits per heavy atom. The summed E-state index contributed by atoms with van der Waals surface area (Å²) in [7, 11) is 0. The number of halogens is 1. The molecule has 0 aliphatic carbocycles. The van der Waals surface area contributed by atoms with E-state index < -0.39 is 0 Å². The molecule has 0 saturated heterocycles. The quantitative estimate of drug-likeness (QED) is 0.737. The summed E-state index contributed by atoms with van der Waals surface area (Å²) < 4.78 is 5.89. The second kappa shape index (κ2) is 2.37. The number of nitrogens with two attached hydrogens (primary N) is 1. The average molecular weight is 260 g/mol. The summed E-state index contributed by atoms with van der Waals surface area (Å²) in [6.07, 6.45) is 0. The lowest BCUT2D eigenvalue weighted by Gasteiger charge is -1.89. The highest BCUT2D eigenvalue weighted by Gasteiger charge is 2.06. The van der Waals surface area contributed by atoms with Gasteiger partial charge in [-0.3, -0.25) is 0 Å². The molecule has 1 aromatic heterocycles. The monoisotopic (exact) mass is 260 g/mol. The maximum atomic E-state index is 5.54. The summed E-state index contributed by atoms with van der Waals surface area (Å²) >= 11 is 2.20. The Morgan fingerprint density at radius 3 is 3.00 bits per heavy atom. The lowest BCUT2D eigenvalue weighted by atomic mass is 10.2. The number of nitrogen functional groups attached to an aromatic ring is 1. The minimum absolute atomic E-state index is 0.394. The van der Waals surface area contributed by atoms with Crippen LogP contribution in [0, 0.1) is 3.57 Å². The molecule has 4 heteroatoms. The number of benzene rings is 1. The first-order valence-corrected chi connectivity index (χ1v) is 4.16. The van der Waals surface area contributed by atoms with Crippen molar-refractivity contribution in [2.45, 2.75) is 0 Å². The van der Waals surface area contributed by atoms with E-state index in [0.717, 1.165) is 14.5 Å². The zero-order valence-corrected chi connectivity index (χ0v) is 7.70. The zero-order chi connectivity index (χ0) is 7.84. The third-order valence-corrected chi connectivity index (χ3v) is 2.38. The normalized spacial score (nSPS) is 10.6. The highest BCUT2D eigenvalue weighted by Crippen LogP contribution is 2.24. The standard InChI is InChI=1S/C7H5IN2O/c8-4-2-1-3-5-6(4)7(9)11-10-5/h1-3H,9H2. The molecule has 2 rings (SSSR count). The van der Waals surface area contributed by atoms with Crippen LogP contribution < -0.4 is 5.73 Å². The van der Waals surface area contributed by atoms with Crippen molar-refractivity contribution in [3.63, 3.8) is 0 Å². The van der Waals surface area contributed by atoms with Gasteiger partial charge >= 0.3 is 0 Å². The Kier molecular flexibility index (Phi) is 1.49. The van der Waals surface area contributed by atoms with E-state index in [0.29, 0.717) is 5.88 Å². The number of aromatic nitrogens is 1. The van der Waals surface area contributed by atoms with Crippen molar-refractivity contribution in [2.75, 3.05) is 5.73 Å². The van der Waals surface area contributed by atoms with Crippen LogP contribution in [-0.2, 0) is 0 Å². The number of nitrogens with zero attached hydrogens (tertiary/aromatic N) is 1. The summed E-state index contributed by atoms with van der Waals surface area (Å²) in [5, 5.41) is 4.68. The molecule has 0 unspecified atom stereocenters. The Bertz CT molecular complexity index is 396. The van der Waals surface area contributed by atoms with E-state index in [1.807, 2.05) is 18.2 Å². The van der Waals surface area contributed by atoms with Crippen LogP contribution in [0.2, 0.25) is 0 Å². The maximum absolute atomic E-state index is 5.54. The molecule has 0 aliphatic rings. The second-order valence-electron chi connectivity index (χ2n) is 2.18. The van der Waals surface area contributed by atoms with Crippen LogP contribution in [0.3, 0.4) is 0 Å². The van der Waals surface area contributed by atoms with E-state index in [2.05, 4.69) is 27.7 Å². The Labute approximate surface area is 76.7 Å². The molecule has 0 amide bonds. The number of rotatable bonds is 0. The maximum Gasteiger partial charge on any atom is 0.231 e. The van der Waals surface area contributed by atoms with Crippen molar-refractivity contribution in [1.29, 1.82) is 0 Å². The number of hydrogen-bond donors (Lipinski definition) is 1. The highest BCUT2D eigenvalue weighted by molar-refractivity contribution is 14.1. The average Bonchev–Trinajstić information content (AvgIpc) is 2.34. The predicted molar refractivity (Wildman–Crippen MR) is 51.1 cm³/mol. The number of fused-ring (bicyclic) bond motifs is 1. The van der Waals surface area contributed by atoms with Crippen molar-refractivity contribution in [3.8, 4) is 0 Å². The molecule has 1 aromatic carbocycles. The molecule has 3 nitrogen and oxygen atoms in total. The third-order valence-electron chi connectivity index (χ3n) is 1.48. The lowest BCUT2D eigenvalue weighted by Crippen LogP contribution is -1.82. The molecule has 2 aromatic rings. The topological polar surface area (TPSA) is 52.0 Å². The van der Waals surface area contributed by atoms with Crippen LogP contribution in [0.4, 0.5) is 5.88 Å². The first kappa shape index (κ1) is 6.90. The van der Waals surface area contributed by atoms with E-state index >= 15 is 0 Å². The molecule has 0 fully saturated rings. The van der Waals surface area contributed by atoms with Gasteiger partial charge in [-0.1, -0.05) is 11.2 Å². The second-order valence-corrected chi connectivity index (χ2v) is 3.34. The summed E-state index contributed by atoms with van der Waals surface area (Å²) in [4.78, 5) is 0. The van der Waals surface area contributed by atoms with E-state index in [9.17, 15) is 0 Å². The van der Waals surface area contributed by atoms with Gasteiger partial charge in [-0.15, -0.1) is 0 Å². The van der Waals surface area contributed by atoms with Crippen LogP contribution in [-0.4, -0.2) is 5.16 Å². The fourth-order valence-corrected chi connectivity index (χ4v) is 1.73. The van der Waals surface area contributed by atoms with Gasteiger partial charge in [0, 0.05) is 3.57 Å². The van der Waals surface area contributed by atoms with Crippen LogP contribution in [0.25, 0.3) is 10.9 Å². The molecule has 0 atom stereocenters. The van der Waals surface area contributed by atoms with Crippen LogP contribution in [0.5, 0.6) is 0 Å². The van der Waals surface area contributed by atoms with Crippen molar-refractivity contribution >= 4 is 39.4 Å². The molecule has 0 bridgehead atoms. The van der Waals surface area contributed by atoms with Gasteiger partial charge in [0.05, 0.1) is 5.39 Å². The predicted octanol–water partition coefficient (Wildman–Crippen LogP) is 2.01. The molecule has 0 spiro atoms. The number of anilines is 1. The van der Waals surface area contributed by atoms with Crippen molar-refractivity contribution in [2.24, 2.45) is 0 Å². The van der Waals surface area contributed by atoms with Gasteiger partial charge in [-0.2, -0.15) is 0 Å². The van der Waals surface area contributed by atoms with E-state index in [4.69, 9.17) is 10.3 Å². The fraction of sp³-hybridized carbons (Fsp3) is 0. The smallest absolute Gasteiger partial charge is 0.231 e. The van der Waals surface area contributed by atoms with Crippen molar-refractivity contribution < 1.29 is 4.52 Å². The van der Waals surface area contributed by atoms with Gasteiger partial charge in [0.2, 0.25) is 5.88 Å². The minimum Gasteiger partial charge on any atom is -0.367 e. The Morgan fingerprint density at radius 1 is 1.45 bits per heavy atom. The lowest BCUT2D eigenvalue weighted by molar-refractivity contribution is 0.445. The largest absolute Gasteiger partial charge is 0.367 e.